The van der Waals surface area contributed by atoms with E-state index < -0.39 is 0 Å². The highest BCUT2D eigenvalue weighted by Crippen LogP contribution is 1.73. The number of rotatable bonds is 2. The van der Waals surface area contributed by atoms with Crippen LogP contribution in [-0.4, -0.2) is 24.3 Å². The van der Waals surface area contributed by atoms with Gasteiger partial charge in [-0.15, -0.1) is 5.73 Å². The molecule has 0 aromatic heterocycles. The molecule has 64 valence electrons. The fourth-order valence-electron chi connectivity index (χ4n) is 0.384. The van der Waals surface area contributed by atoms with Crippen LogP contribution < -0.4 is 0 Å². The zero-order valence-corrected chi connectivity index (χ0v) is 6.83. The zero-order valence-electron chi connectivity index (χ0n) is 6.83. The highest BCUT2D eigenvalue weighted by atomic mass is 16.5. The minimum atomic E-state index is -0.348. The lowest BCUT2D eigenvalue weighted by atomic mass is 10.5. The Morgan fingerprint density at radius 1 is 1.67 bits per heavy atom. The van der Waals surface area contributed by atoms with Gasteiger partial charge in [0.1, 0.15) is 0 Å². The van der Waals surface area contributed by atoms with Crippen LogP contribution in [0.15, 0.2) is 17.9 Å². The number of carbonyl (C=O) groups is 1. The summed E-state index contributed by atoms with van der Waals surface area (Å²) in [4.78, 5) is 10.2. The lowest BCUT2D eigenvalue weighted by Gasteiger charge is -1.89. The molecule has 1 N–H and O–H groups in total. The molecule has 0 aliphatic carbocycles. The van der Waals surface area contributed by atoms with Crippen LogP contribution in [-0.2, 0) is 9.53 Å². The predicted molar refractivity (Wildman–Crippen MR) is 44.1 cm³/mol. The van der Waals surface area contributed by atoms with Gasteiger partial charge < -0.3 is 9.84 Å². The Bertz CT molecular complexity index is 249. The highest BCUT2D eigenvalue weighted by Gasteiger charge is 1.84. The molecule has 0 bridgehead atoms. The van der Waals surface area contributed by atoms with Crippen molar-refractivity contribution in [2.75, 3.05) is 13.2 Å². The molecule has 0 heterocycles. The van der Waals surface area contributed by atoms with Gasteiger partial charge in [0.2, 0.25) is 0 Å². The molecule has 0 aromatic carbocycles. The van der Waals surface area contributed by atoms with E-state index in [2.05, 4.69) is 22.3 Å². The molecule has 0 aliphatic heterocycles. The first-order chi connectivity index (χ1) is 5.77. The van der Waals surface area contributed by atoms with E-state index in [4.69, 9.17) is 5.11 Å². The largest absolute Gasteiger partial charge is 0.453 e. The average Bonchev–Trinajstić information content (AvgIpc) is 2.02. The van der Waals surface area contributed by atoms with Crippen LogP contribution in [0.4, 0.5) is 0 Å². The number of aliphatic hydroxyl groups excluding tert-OH is 1. The molecule has 0 spiro atoms. The first-order valence-corrected chi connectivity index (χ1v) is 3.39. The third-order valence-corrected chi connectivity index (χ3v) is 0.814. The second-order valence-electron chi connectivity index (χ2n) is 1.80. The molecule has 0 rings (SSSR count). The summed E-state index contributed by atoms with van der Waals surface area (Å²) in [5.74, 6) is 4.78. The van der Waals surface area contributed by atoms with Crippen molar-refractivity contribution in [1.29, 1.82) is 0 Å². The molecule has 0 radical (unpaired) electrons. The Labute approximate surface area is 71.3 Å². The van der Waals surface area contributed by atoms with Crippen LogP contribution in [0.2, 0.25) is 0 Å². The van der Waals surface area contributed by atoms with Crippen LogP contribution >= 0.6 is 0 Å². The third-order valence-electron chi connectivity index (χ3n) is 0.814. The van der Waals surface area contributed by atoms with Crippen molar-refractivity contribution in [1.82, 2.24) is 0 Å². The van der Waals surface area contributed by atoms with Gasteiger partial charge in [0, 0.05) is 13.0 Å². The number of esters is 1. The molecular weight excluding hydrogens is 156 g/mol. The van der Waals surface area contributed by atoms with Gasteiger partial charge in [-0.3, -0.25) is 4.79 Å². The molecule has 3 nitrogen and oxygen atoms in total. The Balaban J connectivity index is 3.61. The first kappa shape index (κ1) is 10.5. The summed E-state index contributed by atoms with van der Waals surface area (Å²) in [7, 11) is 0. The number of ether oxygens (including phenoxy) is 1. The lowest BCUT2D eigenvalue weighted by Crippen LogP contribution is -1.97. The fourth-order valence-corrected chi connectivity index (χ4v) is 0.384. The molecule has 0 saturated heterocycles. The smallest absolute Gasteiger partial charge is 0.303 e. The van der Waals surface area contributed by atoms with Crippen molar-refractivity contribution in [3.8, 4) is 11.8 Å². The van der Waals surface area contributed by atoms with Crippen LogP contribution in [0, 0.1) is 11.8 Å². The van der Waals surface area contributed by atoms with Crippen LogP contribution in [0.5, 0.6) is 0 Å². The Kier molecular flexibility index (Phi) is 6.67. The maximum Gasteiger partial charge on any atom is 0.303 e. The van der Waals surface area contributed by atoms with E-state index in [0.717, 1.165) is 0 Å². The quantitative estimate of drug-likeness (QED) is 0.363. The Morgan fingerprint density at radius 3 is 3.00 bits per heavy atom. The fraction of sp³-hybridized carbons (Fsp3) is 0.333. The minimum Gasteiger partial charge on any atom is -0.453 e. The van der Waals surface area contributed by atoms with Gasteiger partial charge in [0.15, 0.2) is 6.61 Å². The van der Waals surface area contributed by atoms with Gasteiger partial charge in [-0.2, -0.15) is 0 Å². The van der Waals surface area contributed by atoms with Crippen molar-refractivity contribution in [2.24, 2.45) is 0 Å². The average molecular weight is 166 g/mol. The summed E-state index contributed by atoms with van der Waals surface area (Å²) in [5, 5.41) is 8.29. The Hall–Kier alpha value is -1.49. The van der Waals surface area contributed by atoms with Gasteiger partial charge in [-0.25, -0.2) is 0 Å². The van der Waals surface area contributed by atoms with Gasteiger partial charge in [0.05, 0.1) is 6.61 Å². The summed E-state index contributed by atoms with van der Waals surface area (Å²) in [6.07, 6.45) is 2.88. The van der Waals surface area contributed by atoms with Gasteiger partial charge in [-0.05, 0) is 6.08 Å². The summed E-state index contributed by atoms with van der Waals surface area (Å²) in [6, 6.07) is 0. The van der Waals surface area contributed by atoms with Crippen LogP contribution in [0.25, 0.3) is 0 Å². The van der Waals surface area contributed by atoms with E-state index in [1.807, 2.05) is 0 Å². The number of hydrogen-bond donors (Lipinski definition) is 1. The van der Waals surface area contributed by atoms with E-state index in [-0.39, 0.29) is 19.2 Å². The molecular formula is C9H10O3. The molecule has 0 saturated carbocycles. The second-order valence-corrected chi connectivity index (χ2v) is 1.80. The number of aliphatic hydroxyl groups is 1. The monoisotopic (exact) mass is 166 g/mol. The lowest BCUT2D eigenvalue weighted by molar-refractivity contribution is -0.139. The standard InChI is InChI=1S/C9H10O3/c1-9(11)12-8-6-4-2-3-5-7-10/h2,5,10H,7-8H2,1H3. The van der Waals surface area contributed by atoms with E-state index in [0.29, 0.717) is 0 Å². The number of carbonyl (C=O) groups excluding carboxylic acids is 1. The molecule has 0 atom stereocenters. The molecule has 0 fully saturated rings. The molecule has 0 aliphatic rings. The maximum absolute atomic E-state index is 10.2. The SMILES string of the molecule is CC(=O)OCC#CC=C=CCO. The summed E-state index contributed by atoms with van der Waals surface area (Å²) >= 11 is 0. The van der Waals surface area contributed by atoms with Crippen molar-refractivity contribution >= 4 is 5.97 Å². The topological polar surface area (TPSA) is 46.5 Å². The second kappa shape index (κ2) is 7.62. The maximum atomic E-state index is 10.2. The Morgan fingerprint density at radius 2 is 2.42 bits per heavy atom. The summed E-state index contributed by atoms with van der Waals surface area (Å²) in [6.45, 7) is 1.36. The minimum absolute atomic E-state index is 0.0534. The molecule has 3 heteroatoms. The van der Waals surface area contributed by atoms with E-state index in [9.17, 15) is 4.79 Å². The van der Waals surface area contributed by atoms with Gasteiger partial charge in [-0.1, -0.05) is 11.8 Å². The van der Waals surface area contributed by atoms with Crippen LogP contribution in [0.3, 0.4) is 0 Å². The summed E-state index contributed by atoms with van der Waals surface area (Å²) in [5.41, 5.74) is 2.61. The molecule has 0 amide bonds. The molecule has 0 aromatic rings. The van der Waals surface area contributed by atoms with Crippen molar-refractivity contribution < 1.29 is 14.6 Å². The van der Waals surface area contributed by atoms with Crippen molar-refractivity contribution in [3.05, 3.63) is 17.9 Å². The highest BCUT2D eigenvalue weighted by molar-refractivity contribution is 5.66. The van der Waals surface area contributed by atoms with Crippen molar-refractivity contribution in [2.45, 2.75) is 6.92 Å². The van der Waals surface area contributed by atoms with Crippen molar-refractivity contribution in [3.63, 3.8) is 0 Å². The van der Waals surface area contributed by atoms with E-state index >= 15 is 0 Å². The molecule has 12 heavy (non-hydrogen) atoms. The van der Waals surface area contributed by atoms with E-state index in [1.54, 1.807) is 0 Å². The first-order valence-electron chi connectivity index (χ1n) is 3.39. The van der Waals surface area contributed by atoms with Gasteiger partial charge in [0.25, 0.3) is 0 Å². The predicted octanol–water partition coefficient (Wildman–Crippen LogP) is 0.257. The van der Waals surface area contributed by atoms with E-state index in [1.165, 1.54) is 19.1 Å². The molecule has 0 unspecified atom stereocenters. The normalized spacial score (nSPS) is 7.17. The van der Waals surface area contributed by atoms with Gasteiger partial charge >= 0.3 is 5.97 Å². The number of hydrogen-bond acceptors (Lipinski definition) is 3. The summed E-state index contributed by atoms with van der Waals surface area (Å²) < 4.78 is 4.53. The van der Waals surface area contributed by atoms with Crippen LogP contribution in [0.1, 0.15) is 6.92 Å². The third kappa shape index (κ3) is 8.51. The zero-order chi connectivity index (χ0) is 9.23.